The second-order valence-electron chi connectivity index (χ2n) is 5.56. The molecule has 0 aromatic heterocycles. The molecule has 21 heavy (non-hydrogen) atoms. The van der Waals surface area contributed by atoms with Gasteiger partial charge < -0.3 is 4.74 Å². The number of benzene rings is 2. The number of rotatable bonds is 4. The lowest BCUT2D eigenvalue weighted by Gasteiger charge is -2.20. The Balaban J connectivity index is 1.92. The van der Waals surface area contributed by atoms with Crippen LogP contribution in [0.15, 0.2) is 54.6 Å². The van der Waals surface area contributed by atoms with Crippen LogP contribution in [0.25, 0.3) is 0 Å². The fourth-order valence-corrected chi connectivity index (χ4v) is 3.41. The maximum absolute atomic E-state index is 11.9. The van der Waals surface area contributed by atoms with E-state index in [1.165, 1.54) is 16.7 Å². The molecule has 0 aliphatic heterocycles. The zero-order valence-corrected chi connectivity index (χ0v) is 12.3. The molecule has 0 heterocycles. The summed E-state index contributed by atoms with van der Waals surface area (Å²) in [5.74, 6) is 0.506. The summed E-state index contributed by atoms with van der Waals surface area (Å²) in [7, 11) is 0. The summed E-state index contributed by atoms with van der Waals surface area (Å²) in [6.07, 6.45) is 1.44. The van der Waals surface area contributed by atoms with Crippen molar-refractivity contribution in [2.75, 3.05) is 6.61 Å². The van der Waals surface area contributed by atoms with Crippen molar-refractivity contribution < 1.29 is 9.53 Å². The third-order valence-electron chi connectivity index (χ3n) is 4.24. The van der Waals surface area contributed by atoms with E-state index >= 15 is 0 Å². The minimum atomic E-state index is -0.0868. The summed E-state index contributed by atoms with van der Waals surface area (Å²) in [4.78, 5) is 11.9. The molecule has 1 aliphatic rings. The van der Waals surface area contributed by atoms with Gasteiger partial charge >= 0.3 is 5.97 Å². The molecule has 0 spiro atoms. The van der Waals surface area contributed by atoms with Crippen LogP contribution in [0.2, 0.25) is 0 Å². The molecular weight excluding hydrogens is 260 g/mol. The maximum Gasteiger partial charge on any atom is 0.306 e. The predicted molar refractivity (Wildman–Crippen MR) is 83.2 cm³/mol. The lowest BCUT2D eigenvalue weighted by atomic mass is 9.84. The second kappa shape index (κ2) is 6.13. The van der Waals surface area contributed by atoms with Gasteiger partial charge in [-0.3, -0.25) is 4.79 Å². The van der Waals surface area contributed by atoms with Gasteiger partial charge in [-0.2, -0.15) is 0 Å². The van der Waals surface area contributed by atoms with E-state index in [0.29, 0.717) is 24.9 Å². The minimum Gasteiger partial charge on any atom is -0.466 e. The number of carbonyl (C=O) groups is 1. The van der Waals surface area contributed by atoms with Gasteiger partial charge in [0, 0.05) is 12.3 Å². The standard InChI is InChI=1S/C19H20O2/c1-2-21-18(20)13-16-12-15-10-6-7-11-17(15)19(16)14-8-4-3-5-9-14/h3-11,16,19H,2,12-13H2,1H3/t16-,19-/m0/s1. The molecule has 0 bridgehead atoms. The zero-order valence-electron chi connectivity index (χ0n) is 12.3. The number of hydrogen-bond donors (Lipinski definition) is 0. The molecule has 0 radical (unpaired) electrons. The van der Waals surface area contributed by atoms with E-state index in [0.717, 1.165) is 6.42 Å². The van der Waals surface area contributed by atoms with Gasteiger partial charge in [-0.05, 0) is 36.0 Å². The van der Waals surface area contributed by atoms with Crippen molar-refractivity contribution >= 4 is 5.97 Å². The van der Waals surface area contributed by atoms with Gasteiger partial charge in [0.25, 0.3) is 0 Å². The largest absolute Gasteiger partial charge is 0.466 e. The molecule has 0 unspecified atom stereocenters. The van der Waals surface area contributed by atoms with E-state index in [9.17, 15) is 4.79 Å². The first-order chi connectivity index (χ1) is 10.3. The van der Waals surface area contributed by atoms with Crippen LogP contribution in [0.1, 0.15) is 36.0 Å². The van der Waals surface area contributed by atoms with Gasteiger partial charge in [-0.25, -0.2) is 0 Å². The highest BCUT2D eigenvalue weighted by atomic mass is 16.5. The molecule has 0 N–H and O–H groups in total. The van der Waals surface area contributed by atoms with Gasteiger partial charge in [0.15, 0.2) is 0 Å². The average molecular weight is 280 g/mol. The van der Waals surface area contributed by atoms with E-state index in [4.69, 9.17) is 4.74 Å². The second-order valence-corrected chi connectivity index (χ2v) is 5.56. The molecule has 2 aromatic carbocycles. The molecule has 2 nitrogen and oxygen atoms in total. The van der Waals surface area contributed by atoms with Crippen LogP contribution in [0.3, 0.4) is 0 Å². The molecule has 0 fully saturated rings. The van der Waals surface area contributed by atoms with E-state index < -0.39 is 0 Å². The normalized spacial score (nSPS) is 20.0. The van der Waals surface area contributed by atoms with Crippen LogP contribution in [0, 0.1) is 5.92 Å². The summed E-state index contributed by atoms with van der Waals surface area (Å²) in [6, 6.07) is 19.0. The van der Waals surface area contributed by atoms with Crippen molar-refractivity contribution in [2.45, 2.75) is 25.7 Å². The Labute approximate surface area is 125 Å². The summed E-state index contributed by atoms with van der Waals surface area (Å²) >= 11 is 0. The molecule has 2 atom stereocenters. The predicted octanol–water partition coefficient (Wildman–Crippen LogP) is 3.94. The van der Waals surface area contributed by atoms with E-state index in [-0.39, 0.29) is 5.97 Å². The zero-order chi connectivity index (χ0) is 14.7. The topological polar surface area (TPSA) is 26.3 Å². The highest BCUT2D eigenvalue weighted by Gasteiger charge is 2.34. The molecule has 0 saturated carbocycles. The summed E-state index contributed by atoms with van der Waals surface area (Å²) in [5, 5.41) is 0. The van der Waals surface area contributed by atoms with Gasteiger partial charge in [0.2, 0.25) is 0 Å². The maximum atomic E-state index is 11.9. The van der Waals surface area contributed by atoms with Gasteiger partial charge in [-0.1, -0.05) is 54.6 Å². The van der Waals surface area contributed by atoms with Crippen molar-refractivity contribution in [3.8, 4) is 0 Å². The Morgan fingerprint density at radius 1 is 1.10 bits per heavy atom. The average Bonchev–Trinajstić information content (AvgIpc) is 2.86. The first-order valence-corrected chi connectivity index (χ1v) is 7.58. The third kappa shape index (κ3) is 2.85. The van der Waals surface area contributed by atoms with Crippen LogP contribution in [0.5, 0.6) is 0 Å². The van der Waals surface area contributed by atoms with Crippen molar-refractivity contribution in [2.24, 2.45) is 5.92 Å². The lowest BCUT2D eigenvalue weighted by Crippen LogP contribution is -2.16. The SMILES string of the molecule is CCOC(=O)C[C@@H]1Cc2ccccc2[C@H]1c1ccccc1. The van der Waals surface area contributed by atoms with Crippen LogP contribution in [-0.2, 0) is 16.0 Å². The Bertz CT molecular complexity index is 618. The molecule has 2 heteroatoms. The quantitative estimate of drug-likeness (QED) is 0.793. The van der Waals surface area contributed by atoms with Gasteiger partial charge in [-0.15, -0.1) is 0 Å². The van der Waals surface area contributed by atoms with Crippen molar-refractivity contribution in [1.29, 1.82) is 0 Å². The highest BCUT2D eigenvalue weighted by molar-refractivity contribution is 5.70. The number of fused-ring (bicyclic) bond motifs is 1. The molecule has 1 aliphatic carbocycles. The van der Waals surface area contributed by atoms with Crippen LogP contribution in [-0.4, -0.2) is 12.6 Å². The fraction of sp³-hybridized carbons (Fsp3) is 0.316. The monoisotopic (exact) mass is 280 g/mol. The summed E-state index contributed by atoms with van der Waals surface area (Å²) < 4.78 is 5.15. The fourth-order valence-electron chi connectivity index (χ4n) is 3.41. The van der Waals surface area contributed by atoms with E-state index in [1.54, 1.807) is 0 Å². The first kappa shape index (κ1) is 13.9. The Morgan fingerprint density at radius 2 is 1.81 bits per heavy atom. The van der Waals surface area contributed by atoms with Gasteiger partial charge in [0.05, 0.1) is 6.61 Å². The molecule has 108 valence electrons. The van der Waals surface area contributed by atoms with E-state index in [2.05, 4.69) is 48.5 Å². The number of hydrogen-bond acceptors (Lipinski definition) is 2. The number of ether oxygens (including phenoxy) is 1. The molecule has 2 aromatic rings. The summed E-state index contributed by atoms with van der Waals surface area (Å²) in [6.45, 7) is 2.31. The molecule has 0 amide bonds. The highest BCUT2D eigenvalue weighted by Crippen LogP contribution is 2.43. The third-order valence-corrected chi connectivity index (χ3v) is 4.24. The van der Waals surface area contributed by atoms with Crippen molar-refractivity contribution in [3.05, 3.63) is 71.3 Å². The van der Waals surface area contributed by atoms with Crippen LogP contribution in [0.4, 0.5) is 0 Å². The van der Waals surface area contributed by atoms with Crippen molar-refractivity contribution in [3.63, 3.8) is 0 Å². The Morgan fingerprint density at radius 3 is 2.57 bits per heavy atom. The van der Waals surface area contributed by atoms with E-state index in [1.807, 2.05) is 13.0 Å². The molecule has 0 saturated heterocycles. The Hall–Kier alpha value is -2.09. The van der Waals surface area contributed by atoms with Crippen molar-refractivity contribution in [1.82, 2.24) is 0 Å². The number of carbonyl (C=O) groups excluding carboxylic acids is 1. The lowest BCUT2D eigenvalue weighted by molar-refractivity contribution is -0.144. The molecular formula is C19H20O2. The van der Waals surface area contributed by atoms with Gasteiger partial charge in [0.1, 0.15) is 0 Å². The number of esters is 1. The molecule has 3 rings (SSSR count). The first-order valence-electron chi connectivity index (χ1n) is 7.58. The minimum absolute atomic E-state index is 0.0868. The summed E-state index contributed by atoms with van der Waals surface area (Å²) in [5.41, 5.74) is 4.01. The smallest absolute Gasteiger partial charge is 0.306 e. The van der Waals surface area contributed by atoms with Crippen LogP contribution < -0.4 is 0 Å². The van der Waals surface area contributed by atoms with Crippen LogP contribution >= 0.6 is 0 Å². The Kier molecular flexibility index (Phi) is 4.05.